The predicted molar refractivity (Wildman–Crippen MR) is 56.9 cm³/mol. The van der Waals surface area contributed by atoms with Gasteiger partial charge in [-0.25, -0.2) is 0 Å². The van der Waals surface area contributed by atoms with Crippen molar-refractivity contribution in [2.45, 2.75) is 0 Å². The topological polar surface area (TPSA) is 43.1 Å². The van der Waals surface area contributed by atoms with Gasteiger partial charge < -0.3 is 0 Å². The van der Waals surface area contributed by atoms with Crippen molar-refractivity contribution in [3.63, 3.8) is 0 Å². The maximum atomic E-state index is 12.7. The molecule has 0 saturated heterocycles. The van der Waals surface area contributed by atoms with Gasteiger partial charge in [0.2, 0.25) is 0 Å². The third-order valence-corrected chi connectivity index (χ3v) is 4.74. The van der Waals surface area contributed by atoms with Crippen molar-refractivity contribution in [3.05, 3.63) is 71.6 Å². The molecule has 0 aliphatic heterocycles. The molecule has 0 bridgehead atoms. The molecule has 0 atom stereocenters. The average Bonchev–Trinajstić information content (AvgIpc) is 2.33. The third kappa shape index (κ3) is 3.23. The molecule has 0 fully saturated rings. The van der Waals surface area contributed by atoms with Crippen molar-refractivity contribution in [2.75, 3.05) is 0 Å². The number of rotatable bonds is 3. The molecule has 0 spiro atoms. The number of hydrogen-bond donors (Lipinski definition) is 0. The second-order valence-corrected chi connectivity index (χ2v) is 6.30. The summed E-state index contributed by atoms with van der Waals surface area (Å²) < 4.78 is 14.9. The average molecular weight is 344 g/mol. The van der Waals surface area contributed by atoms with Crippen LogP contribution in [-0.4, -0.2) is 4.92 Å². The molecule has 3 nitrogen and oxygen atoms in total. The van der Waals surface area contributed by atoms with Crippen LogP contribution in [0.25, 0.3) is 0 Å². The van der Waals surface area contributed by atoms with Gasteiger partial charge >= 0.3 is 108 Å². The van der Waals surface area contributed by atoms with Gasteiger partial charge in [0.25, 0.3) is 0 Å². The van der Waals surface area contributed by atoms with Gasteiger partial charge in [-0.15, -0.1) is 0 Å². The van der Waals surface area contributed by atoms with E-state index in [1.165, 1.54) is 24.3 Å². The molecular weight excluding hydrogens is 336 g/mol. The Morgan fingerprint density at radius 1 is 0.941 bits per heavy atom. The maximum absolute atomic E-state index is 12.7. The molecule has 5 heteroatoms. The molecule has 2 rings (SSSR count). The van der Waals surface area contributed by atoms with Gasteiger partial charge in [0.1, 0.15) is 0 Å². The van der Waals surface area contributed by atoms with Gasteiger partial charge in [-0.05, 0) is 0 Å². The summed E-state index contributed by atoms with van der Waals surface area (Å²) in [4.78, 5) is 10.1. The van der Waals surface area contributed by atoms with Crippen molar-refractivity contribution < 1.29 is 30.5 Å². The minimum atomic E-state index is -0.417. The van der Waals surface area contributed by atoms with Gasteiger partial charge in [-0.2, -0.15) is 0 Å². The number of benzene rings is 2. The molecular formula is C12H8FINO2-. The van der Waals surface area contributed by atoms with Crippen LogP contribution in [0.2, 0.25) is 0 Å². The molecule has 0 aliphatic carbocycles. The standard InChI is InChI=1S/C12H8FINO2/c13-9-1-3-10(4-2-9)14-11-5-7-12(8-6-11)15(16)17/h1-8H/q-1. The first-order valence-corrected chi connectivity index (χ1v) is 6.96. The Kier molecular flexibility index (Phi) is 3.68. The summed E-state index contributed by atoms with van der Waals surface area (Å²) in [6, 6.07) is 12.9. The minimum absolute atomic E-state index is 0.0943. The zero-order valence-electron chi connectivity index (χ0n) is 8.64. The molecule has 0 aromatic heterocycles. The SMILES string of the molecule is O=[N+]([O-])c1ccc([I-]c2ccc(F)cc2)cc1. The fourth-order valence-corrected chi connectivity index (χ4v) is 3.40. The summed E-state index contributed by atoms with van der Waals surface area (Å²) in [5.74, 6) is -0.249. The second kappa shape index (κ2) is 5.22. The van der Waals surface area contributed by atoms with E-state index < -0.39 is 26.1 Å². The predicted octanol–water partition coefficient (Wildman–Crippen LogP) is -0.138. The molecule has 0 saturated carbocycles. The van der Waals surface area contributed by atoms with Gasteiger partial charge in [0.15, 0.2) is 0 Å². The zero-order chi connectivity index (χ0) is 12.3. The molecule has 17 heavy (non-hydrogen) atoms. The van der Waals surface area contributed by atoms with Crippen LogP contribution in [0.4, 0.5) is 10.1 Å². The Hall–Kier alpha value is -1.50. The summed E-state index contributed by atoms with van der Waals surface area (Å²) in [7, 11) is 0. The number of nitro groups is 1. The van der Waals surface area contributed by atoms with Gasteiger partial charge in [-0.1, -0.05) is 0 Å². The number of non-ortho nitro benzene ring substituents is 1. The summed E-state index contributed by atoms with van der Waals surface area (Å²) in [5, 5.41) is 10.5. The van der Waals surface area contributed by atoms with Crippen molar-refractivity contribution in [1.82, 2.24) is 0 Å². The monoisotopic (exact) mass is 344 g/mol. The summed E-state index contributed by atoms with van der Waals surface area (Å²) in [5.41, 5.74) is 0.0943. The third-order valence-electron chi connectivity index (χ3n) is 2.06. The molecule has 0 unspecified atom stereocenters. The fourth-order valence-electron chi connectivity index (χ4n) is 1.24. The van der Waals surface area contributed by atoms with Crippen LogP contribution in [0.3, 0.4) is 0 Å². The first-order chi connectivity index (χ1) is 8.15. The van der Waals surface area contributed by atoms with E-state index in [0.717, 1.165) is 7.14 Å². The number of nitro benzene ring substituents is 1. The van der Waals surface area contributed by atoms with Crippen LogP contribution in [-0.2, 0) is 0 Å². The van der Waals surface area contributed by atoms with Crippen LogP contribution < -0.4 is 21.2 Å². The fraction of sp³-hybridized carbons (Fsp3) is 0. The number of hydrogen-bond acceptors (Lipinski definition) is 2. The normalized spacial score (nSPS) is 10.4. The first kappa shape index (κ1) is 12.0. The Bertz CT molecular complexity index is 525. The summed E-state index contributed by atoms with van der Waals surface area (Å²) in [6.07, 6.45) is 0. The van der Waals surface area contributed by atoms with E-state index in [4.69, 9.17) is 0 Å². The molecule has 88 valence electrons. The molecule has 2 aromatic carbocycles. The molecule has 0 aliphatic rings. The molecule has 0 N–H and O–H groups in total. The van der Waals surface area contributed by atoms with Crippen molar-refractivity contribution >= 4 is 5.69 Å². The first-order valence-electron chi connectivity index (χ1n) is 4.80. The Labute approximate surface area is 108 Å². The quantitative estimate of drug-likeness (QED) is 0.442. The van der Waals surface area contributed by atoms with Crippen molar-refractivity contribution in [1.29, 1.82) is 0 Å². The van der Waals surface area contributed by atoms with E-state index in [2.05, 4.69) is 0 Å². The molecule has 0 amide bonds. The van der Waals surface area contributed by atoms with E-state index in [1.54, 1.807) is 24.3 Å². The van der Waals surface area contributed by atoms with E-state index >= 15 is 0 Å². The molecule has 0 radical (unpaired) electrons. The summed E-state index contributed by atoms with van der Waals surface area (Å²) in [6.45, 7) is 0. The van der Waals surface area contributed by atoms with Gasteiger partial charge in [0.05, 0.1) is 0 Å². The van der Waals surface area contributed by atoms with Gasteiger partial charge in [0, 0.05) is 0 Å². The van der Waals surface area contributed by atoms with Crippen molar-refractivity contribution in [3.8, 4) is 0 Å². The van der Waals surface area contributed by atoms with Crippen LogP contribution in [0.15, 0.2) is 48.5 Å². The second-order valence-electron chi connectivity index (χ2n) is 3.26. The number of nitrogens with zero attached hydrogens (tertiary/aromatic N) is 1. The van der Waals surface area contributed by atoms with Crippen molar-refractivity contribution in [2.24, 2.45) is 0 Å². The molecule has 2 aromatic rings. The molecule has 0 heterocycles. The Morgan fingerprint density at radius 3 is 1.88 bits per heavy atom. The number of halogens is 2. The summed E-state index contributed by atoms with van der Waals surface area (Å²) >= 11 is -0.406. The van der Waals surface area contributed by atoms with E-state index in [-0.39, 0.29) is 11.5 Å². The van der Waals surface area contributed by atoms with E-state index in [9.17, 15) is 14.5 Å². The van der Waals surface area contributed by atoms with E-state index in [1.807, 2.05) is 0 Å². The van der Waals surface area contributed by atoms with Crippen LogP contribution in [0.5, 0.6) is 0 Å². The Balaban J connectivity index is 2.13. The van der Waals surface area contributed by atoms with Crippen LogP contribution in [0, 0.1) is 23.1 Å². The zero-order valence-corrected chi connectivity index (χ0v) is 10.8. The van der Waals surface area contributed by atoms with E-state index in [0.29, 0.717) is 0 Å². The van der Waals surface area contributed by atoms with Crippen LogP contribution in [0.1, 0.15) is 0 Å². The van der Waals surface area contributed by atoms with Gasteiger partial charge in [-0.3, -0.25) is 0 Å². The Morgan fingerprint density at radius 2 is 1.41 bits per heavy atom. The van der Waals surface area contributed by atoms with Crippen LogP contribution >= 0.6 is 0 Å².